The van der Waals surface area contributed by atoms with Gasteiger partial charge in [-0.25, -0.2) is 9.78 Å². The molecule has 3 aromatic rings. The molecule has 0 fully saturated rings. The molecule has 0 bridgehead atoms. The van der Waals surface area contributed by atoms with Gasteiger partial charge in [0.15, 0.2) is 5.75 Å². The van der Waals surface area contributed by atoms with Crippen LogP contribution in [-0.2, 0) is 11.3 Å². The number of nitro groups is 1. The Bertz CT molecular complexity index is 982. The predicted octanol–water partition coefficient (Wildman–Crippen LogP) is 4.39. The van der Waals surface area contributed by atoms with Crippen LogP contribution in [0.15, 0.2) is 47.8 Å². The number of benzene rings is 2. The number of ether oxygens (including phenoxy) is 2. The zero-order valence-corrected chi connectivity index (χ0v) is 15.5. The highest BCUT2D eigenvalue weighted by molar-refractivity contribution is 7.13. The van der Waals surface area contributed by atoms with E-state index in [9.17, 15) is 14.9 Å². The van der Waals surface area contributed by atoms with Crippen LogP contribution in [0.25, 0.3) is 10.6 Å². The van der Waals surface area contributed by atoms with Gasteiger partial charge >= 0.3 is 11.7 Å². The van der Waals surface area contributed by atoms with Crippen LogP contribution in [0.5, 0.6) is 5.75 Å². The van der Waals surface area contributed by atoms with E-state index in [1.165, 1.54) is 24.5 Å². The van der Waals surface area contributed by atoms with Gasteiger partial charge in [0.25, 0.3) is 0 Å². The summed E-state index contributed by atoms with van der Waals surface area (Å²) in [6.45, 7) is 1.97. The number of carbonyl (C=O) groups excluding carboxylic acids is 1. The zero-order valence-electron chi connectivity index (χ0n) is 14.7. The minimum Gasteiger partial charge on any atom is -0.480 e. The van der Waals surface area contributed by atoms with E-state index in [0.29, 0.717) is 11.3 Å². The third-order valence-electron chi connectivity index (χ3n) is 3.79. The molecule has 8 heteroatoms. The van der Waals surface area contributed by atoms with Crippen LogP contribution in [0, 0.1) is 17.0 Å². The summed E-state index contributed by atoms with van der Waals surface area (Å²) in [5.74, 6) is -0.175. The van der Waals surface area contributed by atoms with E-state index < -0.39 is 10.9 Å². The van der Waals surface area contributed by atoms with Crippen molar-refractivity contribution in [1.29, 1.82) is 0 Å². The van der Waals surface area contributed by atoms with Crippen LogP contribution in [0.1, 0.15) is 21.6 Å². The summed E-state index contributed by atoms with van der Waals surface area (Å²) in [6.07, 6.45) is 0. The Kier molecular flexibility index (Phi) is 5.46. The molecule has 0 atom stereocenters. The standard InChI is InChI=1S/C19H16N2O5S/c1-12-3-8-16(21(23)24)17(9-12)26-10-15-11-27-18(20-15)13-4-6-14(7-5-13)19(22)25-2/h3-9,11H,10H2,1-2H3. The van der Waals surface area contributed by atoms with Crippen molar-refractivity contribution in [2.24, 2.45) is 0 Å². The first kappa shape index (κ1) is 18.5. The molecule has 0 aliphatic carbocycles. The number of nitrogens with zero attached hydrogens (tertiary/aromatic N) is 2. The Morgan fingerprint density at radius 2 is 1.96 bits per heavy atom. The van der Waals surface area contributed by atoms with E-state index in [4.69, 9.17) is 4.74 Å². The fourth-order valence-corrected chi connectivity index (χ4v) is 3.22. The quantitative estimate of drug-likeness (QED) is 0.355. The maximum absolute atomic E-state index is 11.5. The van der Waals surface area contributed by atoms with Crippen molar-refractivity contribution >= 4 is 23.0 Å². The number of esters is 1. The van der Waals surface area contributed by atoms with Crippen molar-refractivity contribution in [1.82, 2.24) is 4.98 Å². The lowest BCUT2D eigenvalue weighted by molar-refractivity contribution is -0.386. The van der Waals surface area contributed by atoms with E-state index in [2.05, 4.69) is 9.72 Å². The fourth-order valence-electron chi connectivity index (χ4n) is 2.41. The highest BCUT2D eigenvalue weighted by atomic mass is 32.1. The fraction of sp³-hybridized carbons (Fsp3) is 0.158. The van der Waals surface area contributed by atoms with Crippen LogP contribution >= 0.6 is 11.3 Å². The van der Waals surface area contributed by atoms with E-state index in [1.807, 2.05) is 12.3 Å². The summed E-state index contributed by atoms with van der Waals surface area (Å²) in [6, 6.07) is 11.7. The Morgan fingerprint density at radius 1 is 1.22 bits per heavy atom. The summed E-state index contributed by atoms with van der Waals surface area (Å²) in [5.41, 5.74) is 2.80. The number of carbonyl (C=O) groups is 1. The molecule has 27 heavy (non-hydrogen) atoms. The average Bonchev–Trinajstić information content (AvgIpc) is 3.14. The lowest BCUT2D eigenvalue weighted by Crippen LogP contribution is -2.00. The van der Waals surface area contributed by atoms with Gasteiger partial charge in [-0.05, 0) is 30.7 Å². The van der Waals surface area contributed by atoms with Crippen molar-refractivity contribution in [3.05, 3.63) is 74.8 Å². The zero-order chi connectivity index (χ0) is 19.4. The van der Waals surface area contributed by atoms with Crippen molar-refractivity contribution in [3.63, 3.8) is 0 Å². The molecule has 0 spiro atoms. The first-order valence-electron chi connectivity index (χ1n) is 7.99. The number of rotatable bonds is 6. The number of nitro benzene ring substituents is 1. The van der Waals surface area contributed by atoms with Gasteiger partial charge in [0, 0.05) is 17.0 Å². The van der Waals surface area contributed by atoms with Crippen molar-refractivity contribution in [3.8, 4) is 16.3 Å². The van der Waals surface area contributed by atoms with Crippen molar-refractivity contribution < 1.29 is 19.2 Å². The predicted molar refractivity (Wildman–Crippen MR) is 101 cm³/mol. The van der Waals surface area contributed by atoms with Crippen LogP contribution in [0.4, 0.5) is 5.69 Å². The molecule has 1 aromatic heterocycles. The molecule has 0 saturated carbocycles. The van der Waals surface area contributed by atoms with E-state index >= 15 is 0 Å². The normalized spacial score (nSPS) is 10.4. The number of thiazole rings is 1. The van der Waals surface area contributed by atoms with Crippen LogP contribution in [-0.4, -0.2) is 23.0 Å². The molecule has 0 unspecified atom stereocenters. The summed E-state index contributed by atoms with van der Waals surface area (Å²) in [4.78, 5) is 26.6. The monoisotopic (exact) mass is 384 g/mol. The number of aryl methyl sites for hydroxylation is 1. The van der Waals surface area contributed by atoms with Gasteiger partial charge < -0.3 is 9.47 Å². The number of hydrogen-bond acceptors (Lipinski definition) is 7. The minimum absolute atomic E-state index is 0.0746. The van der Waals surface area contributed by atoms with Gasteiger partial charge in [-0.15, -0.1) is 11.3 Å². The molecular formula is C19H16N2O5S. The van der Waals surface area contributed by atoms with E-state index in [-0.39, 0.29) is 18.0 Å². The Hall–Kier alpha value is -3.26. The van der Waals surface area contributed by atoms with Gasteiger partial charge in [0.1, 0.15) is 11.6 Å². The number of aromatic nitrogens is 1. The molecule has 3 rings (SSSR count). The van der Waals surface area contributed by atoms with Crippen LogP contribution < -0.4 is 4.74 Å². The first-order chi connectivity index (χ1) is 13.0. The van der Waals surface area contributed by atoms with Gasteiger partial charge in [-0.1, -0.05) is 18.2 Å². The van der Waals surface area contributed by atoms with Gasteiger partial charge in [0.2, 0.25) is 0 Å². The number of methoxy groups -OCH3 is 1. The van der Waals surface area contributed by atoms with E-state index in [0.717, 1.165) is 16.1 Å². The Balaban J connectivity index is 1.73. The summed E-state index contributed by atoms with van der Waals surface area (Å²) in [5, 5.41) is 13.7. The third kappa shape index (κ3) is 4.29. The first-order valence-corrected chi connectivity index (χ1v) is 8.87. The number of hydrogen-bond donors (Lipinski definition) is 0. The maximum atomic E-state index is 11.5. The second kappa shape index (κ2) is 7.96. The molecule has 1 heterocycles. The molecule has 0 aliphatic heterocycles. The van der Waals surface area contributed by atoms with Crippen molar-refractivity contribution in [2.45, 2.75) is 13.5 Å². The highest BCUT2D eigenvalue weighted by Gasteiger charge is 2.16. The molecule has 0 amide bonds. The SMILES string of the molecule is COC(=O)c1ccc(-c2nc(COc3cc(C)ccc3[N+](=O)[O-])cs2)cc1. The lowest BCUT2D eigenvalue weighted by atomic mass is 10.1. The molecule has 0 radical (unpaired) electrons. The van der Waals surface area contributed by atoms with Gasteiger partial charge in [-0.2, -0.15) is 0 Å². The van der Waals surface area contributed by atoms with Crippen LogP contribution in [0.2, 0.25) is 0 Å². The molecule has 2 aromatic carbocycles. The molecular weight excluding hydrogens is 368 g/mol. The van der Waals surface area contributed by atoms with Gasteiger partial charge in [0.05, 0.1) is 23.3 Å². The maximum Gasteiger partial charge on any atom is 0.337 e. The lowest BCUT2D eigenvalue weighted by Gasteiger charge is -2.06. The van der Waals surface area contributed by atoms with E-state index in [1.54, 1.807) is 36.4 Å². The Morgan fingerprint density at radius 3 is 2.63 bits per heavy atom. The Labute approximate surface area is 159 Å². The average molecular weight is 384 g/mol. The smallest absolute Gasteiger partial charge is 0.337 e. The highest BCUT2D eigenvalue weighted by Crippen LogP contribution is 2.29. The second-order valence-corrected chi connectivity index (χ2v) is 6.59. The largest absolute Gasteiger partial charge is 0.480 e. The van der Waals surface area contributed by atoms with Gasteiger partial charge in [-0.3, -0.25) is 10.1 Å². The topological polar surface area (TPSA) is 91.6 Å². The summed E-state index contributed by atoms with van der Waals surface area (Å²) >= 11 is 1.43. The molecule has 7 nitrogen and oxygen atoms in total. The second-order valence-electron chi connectivity index (χ2n) is 5.73. The van der Waals surface area contributed by atoms with Crippen molar-refractivity contribution in [2.75, 3.05) is 7.11 Å². The molecule has 138 valence electrons. The molecule has 0 N–H and O–H groups in total. The van der Waals surface area contributed by atoms with Crippen LogP contribution in [0.3, 0.4) is 0 Å². The summed E-state index contributed by atoms with van der Waals surface area (Å²) in [7, 11) is 1.34. The molecule has 0 aliphatic rings. The third-order valence-corrected chi connectivity index (χ3v) is 4.73. The summed E-state index contributed by atoms with van der Waals surface area (Å²) < 4.78 is 10.3. The molecule has 0 saturated heterocycles. The minimum atomic E-state index is -0.468.